The highest BCUT2D eigenvalue weighted by molar-refractivity contribution is 7.92. The van der Waals surface area contributed by atoms with Crippen molar-refractivity contribution >= 4 is 33.2 Å². The van der Waals surface area contributed by atoms with Crippen molar-refractivity contribution in [2.45, 2.75) is 57.1 Å². The van der Waals surface area contributed by atoms with Crippen LogP contribution < -0.4 is 9.62 Å². The Labute approximate surface area is 239 Å². The summed E-state index contributed by atoms with van der Waals surface area (Å²) < 4.78 is 42.0. The Morgan fingerprint density at radius 1 is 0.976 bits per heavy atom. The normalized spacial score (nSPS) is 12.7. The zero-order chi connectivity index (χ0) is 30.2. The number of nitrogens with one attached hydrogen (secondary N) is 1. The lowest BCUT2D eigenvalue weighted by molar-refractivity contribution is -0.384. The number of hydrogen-bond acceptors (Lipinski definition) is 6. The van der Waals surface area contributed by atoms with E-state index in [9.17, 15) is 32.5 Å². The van der Waals surface area contributed by atoms with Crippen LogP contribution in [0.1, 0.15) is 39.2 Å². The zero-order valence-corrected chi connectivity index (χ0v) is 23.9. The number of anilines is 1. The van der Waals surface area contributed by atoms with Gasteiger partial charge in [0.05, 0.1) is 15.5 Å². The number of nitro groups is 1. The molecule has 0 saturated carbocycles. The summed E-state index contributed by atoms with van der Waals surface area (Å²) in [5, 5.41) is 14.3. The lowest BCUT2D eigenvalue weighted by Crippen LogP contribution is -2.53. The molecule has 0 aromatic heterocycles. The molecule has 3 aromatic carbocycles. The molecular formula is C29H33FN4O6S. The number of nitro benzene ring substituents is 1. The molecule has 2 unspecified atom stereocenters. The number of halogens is 1. The van der Waals surface area contributed by atoms with E-state index < -0.39 is 45.2 Å². The summed E-state index contributed by atoms with van der Waals surface area (Å²) in [6, 6.07) is 16.7. The van der Waals surface area contributed by atoms with E-state index in [1.165, 1.54) is 71.6 Å². The average Bonchev–Trinajstić information content (AvgIpc) is 2.97. The monoisotopic (exact) mass is 584 g/mol. The Balaban J connectivity index is 2.08. The Morgan fingerprint density at radius 2 is 1.63 bits per heavy atom. The molecular weight excluding hydrogens is 551 g/mol. The number of carbonyl (C=O) groups excluding carboxylic acids is 2. The molecule has 0 aliphatic rings. The first-order chi connectivity index (χ1) is 19.5. The van der Waals surface area contributed by atoms with Gasteiger partial charge in [-0.1, -0.05) is 50.2 Å². The molecule has 0 saturated heterocycles. The Hall–Kier alpha value is -4.32. The van der Waals surface area contributed by atoms with E-state index in [1.807, 2.05) is 13.8 Å². The minimum Gasteiger partial charge on any atom is -0.352 e. The average molecular weight is 585 g/mol. The van der Waals surface area contributed by atoms with Crippen molar-refractivity contribution in [1.29, 1.82) is 0 Å². The predicted octanol–water partition coefficient (Wildman–Crippen LogP) is 4.65. The number of sulfonamides is 1. The maximum absolute atomic E-state index is 14.0. The van der Waals surface area contributed by atoms with Crippen LogP contribution in [0.2, 0.25) is 0 Å². The van der Waals surface area contributed by atoms with Gasteiger partial charge < -0.3 is 10.2 Å². The number of rotatable bonds is 13. The molecule has 41 heavy (non-hydrogen) atoms. The summed E-state index contributed by atoms with van der Waals surface area (Å²) in [4.78, 5) is 39.2. The molecule has 0 fully saturated rings. The molecule has 0 bridgehead atoms. The number of non-ortho nitro benzene ring substituents is 1. The first kappa shape index (κ1) is 31.2. The van der Waals surface area contributed by atoms with Crippen LogP contribution >= 0.6 is 0 Å². The number of nitrogens with zero attached hydrogens (tertiary/aromatic N) is 3. The van der Waals surface area contributed by atoms with Gasteiger partial charge in [0.1, 0.15) is 18.4 Å². The van der Waals surface area contributed by atoms with Crippen molar-refractivity contribution in [3.8, 4) is 0 Å². The summed E-state index contributed by atoms with van der Waals surface area (Å²) in [6.45, 7) is 4.61. The first-order valence-corrected chi connectivity index (χ1v) is 14.6. The number of benzene rings is 3. The summed E-state index contributed by atoms with van der Waals surface area (Å²) in [5.74, 6) is -1.60. The second-order valence-corrected chi connectivity index (χ2v) is 11.4. The second-order valence-electron chi connectivity index (χ2n) is 9.49. The van der Waals surface area contributed by atoms with E-state index in [1.54, 1.807) is 13.0 Å². The maximum atomic E-state index is 14.0. The van der Waals surface area contributed by atoms with E-state index in [0.717, 1.165) is 10.4 Å². The lowest BCUT2D eigenvalue weighted by Gasteiger charge is -2.33. The Bertz CT molecular complexity index is 1470. The van der Waals surface area contributed by atoms with Crippen LogP contribution in [0.25, 0.3) is 0 Å². The fourth-order valence-corrected chi connectivity index (χ4v) is 5.58. The van der Waals surface area contributed by atoms with Crippen molar-refractivity contribution in [2.24, 2.45) is 0 Å². The molecule has 218 valence electrons. The third-order valence-electron chi connectivity index (χ3n) is 6.59. The van der Waals surface area contributed by atoms with Crippen molar-refractivity contribution in [3.05, 3.63) is 100 Å². The summed E-state index contributed by atoms with van der Waals surface area (Å²) >= 11 is 0. The molecule has 1 N–H and O–H groups in total. The van der Waals surface area contributed by atoms with Crippen molar-refractivity contribution < 1.29 is 27.3 Å². The topological polar surface area (TPSA) is 130 Å². The van der Waals surface area contributed by atoms with Crippen LogP contribution in [0.15, 0.2) is 83.8 Å². The molecule has 0 aliphatic heterocycles. The molecule has 0 spiro atoms. The van der Waals surface area contributed by atoms with E-state index in [4.69, 9.17) is 0 Å². The molecule has 12 heteroatoms. The molecule has 0 aliphatic carbocycles. The Morgan fingerprint density at radius 3 is 2.22 bits per heavy atom. The first-order valence-electron chi connectivity index (χ1n) is 13.1. The minimum absolute atomic E-state index is 0.0877. The van der Waals surface area contributed by atoms with Gasteiger partial charge in [0.2, 0.25) is 11.8 Å². The minimum atomic E-state index is -4.37. The standard InChI is InChI=1S/C29H33FN4O6S/c1-4-21(3)31-29(36)27(5-2)32(19-22-14-16-23(30)17-15-22)28(35)20-33(24-10-9-11-25(18-24)34(37)38)41(39,40)26-12-7-6-8-13-26/h6-18,21,27H,4-5,19-20H2,1-3H3,(H,31,36). The second kappa shape index (κ2) is 13.8. The molecule has 3 aromatic rings. The van der Waals surface area contributed by atoms with E-state index >= 15 is 0 Å². The molecule has 10 nitrogen and oxygen atoms in total. The lowest BCUT2D eigenvalue weighted by atomic mass is 10.1. The van der Waals surface area contributed by atoms with Gasteiger partial charge in [-0.3, -0.25) is 24.0 Å². The largest absolute Gasteiger partial charge is 0.352 e. The van der Waals surface area contributed by atoms with E-state index in [0.29, 0.717) is 12.0 Å². The van der Waals surface area contributed by atoms with Gasteiger partial charge >= 0.3 is 0 Å². The fourth-order valence-electron chi connectivity index (χ4n) is 4.16. The number of hydrogen-bond donors (Lipinski definition) is 1. The number of carbonyl (C=O) groups is 2. The molecule has 0 radical (unpaired) electrons. The summed E-state index contributed by atoms with van der Waals surface area (Å²) in [7, 11) is -4.37. The fraction of sp³-hybridized carbons (Fsp3) is 0.310. The van der Waals surface area contributed by atoms with Crippen molar-refractivity contribution in [3.63, 3.8) is 0 Å². The van der Waals surface area contributed by atoms with Crippen LogP contribution in [0.3, 0.4) is 0 Å². The smallest absolute Gasteiger partial charge is 0.271 e. The highest BCUT2D eigenvalue weighted by Crippen LogP contribution is 2.28. The number of amides is 2. The van der Waals surface area contributed by atoms with Crippen molar-refractivity contribution in [2.75, 3.05) is 10.8 Å². The van der Waals surface area contributed by atoms with Crippen molar-refractivity contribution in [1.82, 2.24) is 10.2 Å². The summed E-state index contributed by atoms with van der Waals surface area (Å²) in [6.07, 6.45) is 0.876. The predicted molar refractivity (Wildman–Crippen MR) is 153 cm³/mol. The van der Waals surface area contributed by atoms with Crippen LogP contribution in [0.5, 0.6) is 0 Å². The molecule has 2 atom stereocenters. The molecule has 2 amide bonds. The van der Waals surface area contributed by atoms with Crippen LogP contribution in [-0.2, 0) is 26.2 Å². The SMILES string of the molecule is CCC(C)NC(=O)C(CC)N(Cc1ccc(F)cc1)C(=O)CN(c1cccc([N+](=O)[O-])c1)S(=O)(=O)c1ccccc1. The van der Waals surface area contributed by atoms with Gasteiger partial charge in [0.25, 0.3) is 15.7 Å². The van der Waals surface area contributed by atoms with Crippen LogP contribution in [0, 0.1) is 15.9 Å². The van der Waals surface area contributed by atoms with Crippen LogP contribution in [-0.4, -0.2) is 48.7 Å². The van der Waals surface area contributed by atoms with Gasteiger partial charge in [-0.15, -0.1) is 0 Å². The van der Waals surface area contributed by atoms with Gasteiger partial charge in [0.15, 0.2) is 0 Å². The Kier molecular flexibility index (Phi) is 10.5. The van der Waals surface area contributed by atoms with Gasteiger partial charge in [-0.25, -0.2) is 12.8 Å². The quantitative estimate of drug-likeness (QED) is 0.230. The van der Waals surface area contributed by atoms with Gasteiger partial charge in [-0.05, 0) is 55.7 Å². The van der Waals surface area contributed by atoms with Gasteiger partial charge in [0, 0.05) is 24.7 Å². The van der Waals surface area contributed by atoms with Gasteiger partial charge in [-0.2, -0.15) is 0 Å². The maximum Gasteiger partial charge on any atom is 0.271 e. The zero-order valence-electron chi connectivity index (χ0n) is 23.1. The third kappa shape index (κ3) is 7.88. The highest BCUT2D eigenvalue weighted by atomic mass is 32.2. The van der Waals surface area contributed by atoms with E-state index in [2.05, 4.69) is 5.32 Å². The van der Waals surface area contributed by atoms with Crippen LogP contribution in [0.4, 0.5) is 15.8 Å². The summed E-state index contributed by atoms with van der Waals surface area (Å²) in [5.41, 5.74) is 0.0864. The molecule has 3 rings (SSSR count). The highest BCUT2D eigenvalue weighted by Gasteiger charge is 2.34. The van der Waals surface area contributed by atoms with E-state index in [-0.39, 0.29) is 35.3 Å². The third-order valence-corrected chi connectivity index (χ3v) is 8.38. The molecule has 0 heterocycles.